The average molecular weight is 344 g/mol. The molecule has 0 saturated carbocycles. The maximum absolute atomic E-state index is 5.29. The molecule has 1 saturated heterocycles. The summed E-state index contributed by atoms with van der Waals surface area (Å²) in [5.41, 5.74) is 0.814. The van der Waals surface area contributed by atoms with Crippen LogP contribution in [0, 0.1) is 6.92 Å². The predicted octanol–water partition coefficient (Wildman–Crippen LogP) is 1.78. The second-order valence-electron chi connectivity index (χ2n) is 6.21. The maximum Gasteiger partial charge on any atom is 0.240 e. The molecule has 1 N–H and O–H groups in total. The van der Waals surface area contributed by atoms with Crippen molar-refractivity contribution in [1.82, 2.24) is 30.5 Å². The zero-order valence-corrected chi connectivity index (χ0v) is 14.0. The maximum atomic E-state index is 5.29. The second kappa shape index (κ2) is 7.16. The Kier molecular flexibility index (Phi) is 4.57. The van der Waals surface area contributed by atoms with Gasteiger partial charge in [-0.1, -0.05) is 10.3 Å². The fourth-order valence-electron chi connectivity index (χ4n) is 3.04. The zero-order valence-electron chi connectivity index (χ0n) is 14.0. The second-order valence-corrected chi connectivity index (χ2v) is 6.21. The van der Waals surface area contributed by atoms with E-state index >= 15 is 0 Å². The highest BCUT2D eigenvalue weighted by Gasteiger charge is 2.21. The molecule has 0 spiro atoms. The van der Waals surface area contributed by atoms with Crippen LogP contribution in [0.25, 0.3) is 11.4 Å². The predicted molar refractivity (Wildman–Crippen MR) is 86.2 cm³/mol. The molecule has 1 fully saturated rings. The van der Waals surface area contributed by atoms with Gasteiger partial charge in [-0.05, 0) is 25.5 Å². The Balaban J connectivity index is 1.29. The Labute approximate surface area is 144 Å². The van der Waals surface area contributed by atoms with E-state index in [1.54, 1.807) is 25.5 Å². The Morgan fingerprint density at radius 2 is 2.24 bits per heavy atom. The summed E-state index contributed by atoms with van der Waals surface area (Å²) < 4.78 is 15.4. The summed E-state index contributed by atoms with van der Waals surface area (Å²) >= 11 is 0. The van der Waals surface area contributed by atoms with Crippen LogP contribution in [0.5, 0.6) is 0 Å². The number of piperidine rings is 1. The number of hydrogen-bond acceptors (Lipinski definition) is 9. The number of likely N-dealkylation sites (tertiary alicyclic amines) is 1. The van der Waals surface area contributed by atoms with E-state index in [-0.39, 0.29) is 0 Å². The molecule has 25 heavy (non-hydrogen) atoms. The van der Waals surface area contributed by atoms with Gasteiger partial charge in [0.25, 0.3) is 0 Å². The van der Waals surface area contributed by atoms with Crippen LogP contribution in [0.2, 0.25) is 0 Å². The standard InChI is InChI=1S/C16H20N6O3/c1-11-18-14(20-24-11)9-22-5-2-3-13(8-22)17-7-15-19-16(21-25-15)12-4-6-23-10-12/h4,6,10,13,17H,2-3,5,7-9H2,1H3/t13-/m1/s1. The molecule has 1 aliphatic rings. The van der Waals surface area contributed by atoms with Crippen LogP contribution in [0.1, 0.15) is 30.4 Å². The van der Waals surface area contributed by atoms with Crippen molar-refractivity contribution < 1.29 is 13.5 Å². The van der Waals surface area contributed by atoms with Crippen LogP contribution in [0.3, 0.4) is 0 Å². The summed E-state index contributed by atoms with van der Waals surface area (Å²) in [6, 6.07) is 2.17. The Bertz CT molecular complexity index is 797. The van der Waals surface area contributed by atoms with Gasteiger partial charge in [0.2, 0.25) is 17.6 Å². The van der Waals surface area contributed by atoms with Crippen molar-refractivity contribution in [2.45, 2.75) is 38.9 Å². The number of hydrogen-bond donors (Lipinski definition) is 1. The van der Waals surface area contributed by atoms with Crippen molar-refractivity contribution in [1.29, 1.82) is 0 Å². The summed E-state index contributed by atoms with van der Waals surface area (Å²) in [5.74, 6) is 2.46. The lowest BCUT2D eigenvalue weighted by atomic mass is 10.1. The Hall–Kier alpha value is -2.52. The summed E-state index contributed by atoms with van der Waals surface area (Å²) in [6.45, 7) is 5.03. The third kappa shape index (κ3) is 3.94. The van der Waals surface area contributed by atoms with Crippen molar-refractivity contribution in [3.8, 4) is 11.4 Å². The van der Waals surface area contributed by atoms with E-state index in [0.29, 0.717) is 36.7 Å². The lowest BCUT2D eigenvalue weighted by Gasteiger charge is -2.32. The molecule has 0 radical (unpaired) electrons. The topological polar surface area (TPSA) is 106 Å². The average Bonchev–Trinajstić information content (AvgIpc) is 3.35. The fourth-order valence-corrected chi connectivity index (χ4v) is 3.04. The third-order valence-electron chi connectivity index (χ3n) is 4.23. The van der Waals surface area contributed by atoms with Crippen LogP contribution in [0.4, 0.5) is 0 Å². The first kappa shape index (κ1) is 16.0. The summed E-state index contributed by atoms with van der Waals surface area (Å²) in [5, 5.41) is 11.4. The van der Waals surface area contributed by atoms with Gasteiger partial charge in [0.1, 0.15) is 6.26 Å². The van der Waals surface area contributed by atoms with Gasteiger partial charge in [-0.15, -0.1) is 0 Å². The van der Waals surface area contributed by atoms with Gasteiger partial charge < -0.3 is 18.8 Å². The highest BCUT2D eigenvalue weighted by atomic mass is 16.5. The minimum Gasteiger partial charge on any atom is -0.472 e. The molecule has 0 bridgehead atoms. The van der Waals surface area contributed by atoms with Gasteiger partial charge in [-0.3, -0.25) is 4.90 Å². The number of nitrogens with zero attached hydrogens (tertiary/aromatic N) is 5. The SMILES string of the molecule is Cc1nc(CN2CCC[C@@H](NCc3nc(-c4ccoc4)no3)C2)no1. The van der Waals surface area contributed by atoms with Gasteiger partial charge in [-0.25, -0.2) is 0 Å². The van der Waals surface area contributed by atoms with E-state index in [0.717, 1.165) is 37.3 Å². The van der Waals surface area contributed by atoms with Crippen LogP contribution < -0.4 is 5.32 Å². The first-order valence-electron chi connectivity index (χ1n) is 8.36. The summed E-state index contributed by atoms with van der Waals surface area (Å²) in [6.07, 6.45) is 5.43. The van der Waals surface area contributed by atoms with Crippen LogP contribution >= 0.6 is 0 Å². The van der Waals surface area contributed by atoms with Crippen LogP contribution in [-0.4, -0.2) is 44.3 Å². The fraction of sp³-hybridized carbons (Fsp3) is 0.500. The zero-order chi connectivity index (χ0) is 17.1. The lowest BCUT2D eigenvalue weighted by Crippen LogP contribution is -2.45. The molecular formula is C16H20N6O3. The first-order valence-corrected chi connectivity index (χ1v) is 8.36. The molecule has 0 unspecified atom stereocenters. The van der Waals surface area contributed by atoms with E-state index in [1.165, 1.54) is 0 Å². The van der Waals surface area contributed by atoms with Gasteiger partial charge in [0, 0.05) is 19.5 Å². The Morgan fingerprint density at radius 1 is 1.28 bits per heavy atom. The molecule has 0 aliphatic carbocycles. The quantitative estimate of drug-likeness (QED) is 0.716. The number of aromatic nitrogens is 4. The number of furan rings is 1. The molecular weight excluding hydrogens is 324 g/mol. The van der Waals surface area contributed by atoms with Crippen LogP contribution in [0.15, 0.2) is 32.1 Å². The van der Waals surface area contributed by atoms with E-state index in [9.17, 15) is 0 Å². The first-order chi connectivity index (χ1) is 12.3. The molecule has 0 amide bonds. The van der Waals surface area contributed by atoms with E-state index in [4.69, 9.17) is 13.5 Å². The van der Waals surface area contributed by atoms with Gasteiger partial charge >= 0.3 is 0 Å². The molecule has 4 rings (SSSR count). The van der Waals surface area contributed by atoms with Gasteiger partial charge in [0.15, 0.2) is 5.82 Å². The highest BCUT2D eigenvalue weighted by Crippen LogP contribution is 2.16. The van der Waals surface area contributed by atoms with Crippen molar-refractivity contribution in [2.24, 2.45) is 0 Å². The van der Waals surface area contributed by atoms with Crippen molar-refractivity contribution >= 4 is 0 Å². The third-order valence-corrected chi connectivity index (χ3v) is 4.23. The van der Waals surface area contributed by atoms with Crippen molar-refractivity contribution in [2.75, 3.05) is 13.1 Å². The van der Waals surface area contributed by atoms with Crippen molar-refractivity contribution in [3.05, 3.63) is 36.2 Å². The lowest BCUT2D eigenvalue weighted by molar-refractivity contribution is 0.174. The molecule has 1 atom stereocenters. The molecule has 3 aromatic rings. The molecule has 4 heterocycles. The molecule has 132 valence electrons. The van der Waals surface area contributed by atoms with Gasteiger partial charge in [-0.2, -0.15) is 9.97 Å². The minimum absolute atomic E-state index is 0.367. The monoisotopic (exact) mass is 344 g/mol. The number of nitrogens with one attached hydrogen (secondary N) is 1. The normalized spacial score (nSPS) is 18.7. The Morgan fingerprint density at radius 3 is 3.04 bits per heavy atom. The molecule has 9 heteroatoms. The molecule has 1 aliphatic heterocycles. The summed E-state index contributed by atoms with van der Waals surface area (Å²) in [4.78, 5) is 11.0. The highest BCUT2D eigenvalue weighted by molar-refractivity contribution is 5.51. The smallest absolute Gasteiger partial charge is 0.240 e. The largest absolute Gasteiger partial charge is 0.472 e. The van der Waals surface area contributed by atoms with Gasteiger partial charge in [0.05, 0.1) is 24.9 Å². The molecule has 0 aromatic carbocycles. The summed E-state index contributed by atoms with van der Waals surface area (Å²) in [7, 11) is 0. The number of rotatable bonds is 6. The van der Waals surface area contributed by atoms with E-state index < -0.39 is 0 Å². The van der Waals surface area contributed by atoms with E-state index in [2.05, 4.69) is 30.5 Å². The minimum atomic E-state index is 0.367. The molecule has 3 aromatic heterocycles. The van der Waals surface area contributed by atoms with Crippen molar-refractivity contribution in [3.63, 3.8) is 0 Å². The van der Waals surface area contributed by atoms with Crippen LogP contribution in [-0.2, 0) is 13.1 Å². The number of aryl methyl sites for hydroxylation is 1. The van der Waals surface area contributed by atoms with E-state index in [1.807, 2.05) is 0 Å². The molecule has 9 nitrogen and oxygen atoms in total.